The first kappa shape index (κ1) is 11.9. The van der Waals surface area contributed by atoms with Crippen LogP contribution < -0.4 is 0 Å². The lowest BCUT2D eigenvalue weighted by molar-refractivity contribution is 1.40. The van der Waals surface area contributed by atoms with Crippen molar-refractivity contribution in [2.75, 3.05) is 0 Å². The van der Waals surface area contributed by atoms with Gasteiger partial charge >= 0.3 is 0 Å². The highest BCUT2D eigenvalue weighted by Crippen LogP contribution is 2.21. The zero-order valence-electron chi connectivity index (χ0n) is 11.4. The standard InChI is InChI=1S/C19H13N2/c1-3-7-18-16(5-1)14(11-12-20-18)9-10-15-13-21-19-8-4-2-6-17(15)19/h1-9,11-13,21H. The molecule has 0 spiro atoms. The fourth-order valence-electron chi connectivity index (χ4n) is 2.59. The zero-order valence-corrected chi connectivity index (χ0v) is 11.4. The number of rotatable bonds is 2. The van der Waals surface area contributed by atoms with Gasteiger partial charge in [-0.1, -0.05) is 36.4 Å². The van der Waals surface area contributed by atoms with Crippen LogP contribution in [0.4, 0.5) is 0 Å². The average molecular weight is 269 g/mol. The number of fused-ring (bicyclic) bond motifs is 2. The van der Waals surface area contributed by atoms with Gasteiger partial charge in [0.05, 0.1) is 5.52 Å². The SMILES string of the molecule is [C](=Cc1ccnc2ccccc12)c1c[nH]c2ccccc12. The summed E-state index contributed by atoms with van der Waals surface area (Å²) < 4.78 is 0. The zero-order chi connectivity index (χ0) is 14.1. The van der Waals surface area contributed by atoms with Crippen molar-refractivity contribution in [2.24, 2.45) is 0 Å². The smallest absolute Gasteiger partial charge is 0.0707 e. The molecule has 4 rings (SSSR count). The first-order valence-corrected chi connectivity index (χ1v) is 6.91. The molecule has 99 valence electrons. The Hall–Kier alpha value is -2.87. The van der Waals surface area contributed by atoms with Gasteiger partial charge in [0.1, 0.15) is 0 Å². The van der Waals surface area contributed by atoms with Crippen LogP contribution in [0.5, 0.6) is 0 Å². The van der Waals surface area contributed by atoms with Crippen molar-refractivity contribution in [3.8, 4) is 0 Å². The number of H-pyrrole nitrogens is 1. The summed E-state index contributed by atoms with van der Waals surface area (Å²) in [6.07, 6.45) is 9.25. The number of nitrogens with zero attached hydrogens (tertiary/aromatic N) is 1. The molecule has 0 fully saturated rings. The van der Waals surface area contributed by atoms with Crippen LogP contribution in [-0.2, 0) is 0 Å². The van der Waals surface area contributed by atoms with Crippen LogP contribution in [0.3, 0.4) is 0 Å². The summed E-state index contributed by atoms with van der Waals surface area (Å²) in [5.41, 5.74) is 4.34. The maximum atomic E-state index is 4.38. The van der Waals surface area contributed by atoms with Crippen LogP contribution in [0, 0.1) is 6.08 Å². The van der Waals surface area contributed by atoms with Gasteiger partial charge in [0.2, 0.25) is 0 Å². The van der Waals surface area contributed by atoms with Crippen molar-refractivity contribution < 1.29 is 0 Å². The van der Waals surface area contributed by atoms with E-state index >= 15 is 0 Å². The molecule has 0 bridgehead atoms. The predicted molar refractivity (Wildman–Crippen MR) is 86.9 cm³/mol. The molecule has 0 unspecified atom stereocenters. The molecule has 2 aromatic carbocycles. The van der Waals surface area contributed by atoms with Crippen LogP contribution in [0.2, 0.25) is 0 Å². The van der Waals surface area contributed by atoms with E-state index in [1.165, 1.54) is 5.39 Å². The Balaban J connectivity index is 1.81. The minimum atomic E-state index is 1.01. The molecule has 21 heavy (non-hydrogen) atoms. The van der Waals surface area contributed by atoms with Crippen molar-refractivity contribution >= 4 is 27.9 Å². The first-order valence-electron chi connectivity index (χ1n) is 6.91. The maximum absolute atomic E-state index is 4.38. The van der Waals surface area contributed by atoms with Crippen molar-refractivity contribution in [3.05, 3.63) is 84.2 Å². The quantitative estimate of drug-likeness (QED) is 0.567. The molecule has 2 heteroatoms. The lowest BCUT2D eigenvalue weighted by Crippen LogP contribution is -1.81. The minimum Gasteiger partial charge on any atom is -0.361 e. The molecule has 1 radical (unpaired) electrons. The van der Waals surface area contributed by atoms with Gasteiger partial charge in [0.15, 0.2) is 0 Å². The Bertz CT molecular complexity index is 943. The molecule has 0 aliphatic heterocycles. The monoisotopic (exact) mass is 269 g/mol. The summed E-state index contributed by atoms with van der Waals surface area (Å²) in [6, 6.07) is 18.4. The van der Waals surface area contributed by atoms with Crippen LogP contribution in [0.15, 0.2) is 67.0 Å². The van der Waals surface area contributed by atoms with E-state index in [1.54, 1.807) is 0 Å². The summed E-state index contributed by atoms with van der Waals surface area (Å²) in [6.45, 7) is 0. The summed E-state index contributed by atoms with van der Waals surface area (Å²) in [7, 11) is 0. The van der Waals surface area contributed by atoms with Gasteiger partial charge in [-0.25, -0.2) is 0 Å². The Kier molecular flexibility index (Phi) is 2.79. The lowest BCUT2D eigenvalue weighted by atomic mass is 10.1. The van der Waals surface area contributed by atoms with Gasteiger partial charge in [0.25, 0.3) is 0 Å². The molecule has 2 aromatic heterocycles. The normalized spacial score (nSPS) is 11.6. The van der Waals surface area contributed by atoms with E-state index in [0.717, 1.165) is 27.5 Å². The highest BCUT2D eigenvalue weighted by atomic mass is 14.7. The van der Waals surface area contributed by atoms with Crippen LogP contribution in [0.25, 0.3) is 27.9 Å². The molecular weight excluding hydrogens is 256 g/mol. The Morgan fingerprint density at radius 3 is 2.67 bits per heavy atom. The second-order valence-electron chi connectivity index (χ2n) is 4.95. The molecule has 0 saturated heterocycles. The summed E-state index contributed by atoms with van der Waals surface area (Å²) in [5, 5.41) is 2.33. The molecular formula is C19H13N2. The van der Waals surface area contributed by atoms with Crippen LogP contribution in [-0.4, -0.2) is 9.97 Å². The minimum absolute atomic E-state index is 1.01. The van der Waals surface area contributed by atoms with E-state index in [-0.39, 0.29) is 0 Å². The van der Waals surface area contributed by atoms with Gasteiger partial charge in [-0.2, -0.15) is 0 Å². The van der Waals surface area contributed by atoms with Gasteiger partial charge in [0, 0.05) is 34.2 Å². The number of hydrogen-bond donors (Lipinski definition) is 1. The summed E-state index contributed by atoms with van der Waals surface area (Å²) >= 11 is 0. The number of nitrogens with one attached hydrogen (secondary N) is 1. The van der Waals surface area contributed by atoms with E-state index in [0.29, 0.717) is 0 Å². The molecule has 2 nitrogen and oxygen atoms in total. The Morgan fingerprint density at radius 2 is 1.71 bits per heavy atom. The summed E-state index contributed by atoms with van der Waals surface area (Å²) in [5.74, 6) is 0. The number of aromatic nitrogens is 2. The van der Waals surface area contributed by atoms with Crippen LogP contribution in [0.1, 0.15) is 11.1 Å². The number of hydrogen-bond acceptors (Lipinski definition) is 1. The highest BCUT2D eigenvalue weighted by molar-refractivity contribution is 5.89. The van der Waals surface area contributed by atoms with Crippen molar-refractivity contribution in [2.45, 2.75) is 0 Å². The van der Waals surface area contributed by atoms with E-state index in [4.69, 9.17) is 0 Å². The maximum Gasteiger partial charge on any atom is 0.0707 e. The second kappa shape index (κ2) is 4.91. The highest BCUT2D eigenvalue weighted by Gasteiger charge is 2.01. The van der Waals surface area contributed by atoms with Gasteiger partial charge in [-0.15, -0.1) is 0 Å². The van der Waals surface area contributed by atoms with Crippen molar-refractivity contribution in [1.29, 1.82) is 0 Å². The Labute approximate surface area is 122 Å². The van der Waals surface area contributed by atoms with Crippen LogP contribution >= 0.6 is 0 Å². The molecule has 0 amide bonds. The molecule has 0 atom stereocenters. The van der Waals surface area contributed by atoms with Gasteiger partial charge in [-0.05, 0) is 35.9 Å². The summed E-state index contributed by atoms with van der Waals surface area (Å²) in [4.78, 5) is 7.65. The molecule has 2 heterocycles. The van der Waals surface area contributed by atoms with Gasteiger partial charge in [-0.3, -0.25) is 4.98 Å². The first-order chi connectivity index (χ1) is 10.4. The second-order valence-corrected chi connectivity index (χ2v) is 4.95. The van der Waals surface area contributed by atoms with E-state index in [2.05, 4.69) is 34.2 Å². The molecule has 4 aromatic rings. The lowest BCUT2D eigenvalue weighted by Gasteiger charge is -2.00. The molecule has 0 aliphatic carbocycles. The third kappa shape index (κ3) is 2.11. The fourth-order valence-corrected chi connectivity index (χ4v) is 2.59. The Morgan fingerprint density at radius 1 is 0.905 bits per heavy atom. The third-order valence-corrected chi connectivity index (χ3v) is 3.66. The largest absolute Gasteiger partial charge is 0.361 e. The number of para-hydroxylation sites is 2. The van der Waals surface area contributed by atoms with E-state index in [1.807, 2.05) is 54.9 Å². The molecule has 0 aliphatic rings. The van der Waals surface area contributed by atoms with E-state index in [9.17, 15) is 0 Å². The van der Waals surface area contributed by atoms with Gasteiger partial charge < -0.3 is 4.98 Å². The third-order valence-electron chi connectivity index (χ3n) is 3.66. The number of benzene rings is 2. The predicted octanol–water partition coefficient (Wildman–Crippen LogP) is 4.58. The molecule has 1 N–H and O–H groups in total. The topological polar surface area (TPSA) is 28.7 Å². The average Bonchev–Trinajstić information content (AvgIpc) is 2.96. The fraction of sp³-hybridized carbons (Fsp3) is 0. The van der Waals surface area contributed by atoms with Crippen molar-refractivity contribution in [1.82, 2.24) is 9.97 Å². The van der Waals surface area contributed by atoms with Crippen molar-refractivity contribution in [3.63, 3.8) is 0 Å². The molecule has 0 saturated carbocycles. The number of pyridine rings is 1. The number of aromatic amines is 1. The van der Waals surface area contributed by atoms with E-state index < -0.39 is 0 Å².